The van der Waals surface area contributed by atoms with E-state index in [1.807, 2.05) is 19.1 Å². The van der Waals surface area contributed by atoms with Crippen molar-refractivity contribution in [2.75, 3.05) is 13.2 Å². The van der Waals surface area contributed by atoms with E-state index in [0.29, 0.717) is 25.4 Å². The summed E-state index contributed by atoms with van der Waals surface area (Å²) in [4.78, 5) is 47.0. The summed E-state index contributed by atoms with van der Waals surface area (Å²) in [7, 11) is 0. The third-order valence-electron chi connectivity index (χ3n) is 4.97. The molecular formula is C23H34N4O5. The number of likely N-dealkylation sites (tertiary alicyclic amines) is 1. The average Bonchev–Trinajstić information content (AvgIpc) is 2.93. The second kappa shape index (κ2) is 11.1. The second-order valence-corrected chi connectivity index (χ2v) is 8.88. The number of nitrogens with one attached hydrogen (secondary N) is 1. The molecule has 0 aromatic carbocycles. The lowest BCUT2D eigenvalue weighted by atomic mass is 9.98. The van der Waals surface area contributed by atoms with Crippen molar-refractivity contribution in [3.63, 3.8) is 0 Å². The predicted molar refractivity (Wildman–Crippen MR) is 119 cm³/mol. The minimum Gasteiger partial charge on any atom is -0.466 e. The molecule has 0 unspecified atom stereocenters. The van der Waals surface area contributed by atoms with Crippen LogP contribution in [-0.2, 0) is 19.1 Å². The zero-order chi connectivity index (χ0) is 23.9. The Balaban J connectivity index is 2.03. The summed E-state index contributed by atoms with van der Waals surface area (Å²) < 4.78 is 10.3. The molecule has 1 aromatic rings. The standard InChI is InChI=1S/C23H34N4O5/c1-7-31-20(28)12-17(18-13-24-16(3)25-14-18)9-8-10-27-15(2)11-19(21(27)29)26-22(30)32-23(4,5)6/h8-9,13-15,17,19H,7,10-12H2,1-6H3,(H,26,30)/t15-,17+,19+/m1/s1. The predicted octanol–water partition coefficient (Wildman–Crippen LogP) is 2.89. The smallest absolute Gasteiger partial charge is 0.408 e. The van der Waals surface area contributed by atoms with E-state index in [0.717, 1.165) is 5.56 Å². The first-order valence-electron chi connectivity index (χ1n) is 10.9. The van der Waals surface area contributed by atoms with E-state index < -0.39 is 17.7 Å². The van der Waals surface area contributed by atoms with Crippen molar-refractivity contribution in [3.8, 4) is 0 Å². The molecule has 0 aliphatic carbocycles. The number of amides is 2. The van der Waals surface area contributed by atoms with Gasteiger partial charge in [-0.1, -0.05) is 12.2 Å². The van der Waals surface area contributed by atoms with Crippen LogP contribution in [0.25, 0.3) is 0 Å². The molecule has 0 spiro atoms. The van der Waals surface area contributed by atoms with E-state index >= 15 is 0 Å². The highest BCUT2D eigenvalue weighted by Gasteiger charge is 2.38. The Morgan fingerprint density at radius 2 is 1.97 bits per heavy atom. The van der Waals surface area contributed by atoms with Crippen molar-refractivity contribution in [3.05, 3.63) is 35.9 Å². The molecule has 2 rings (SSSR count). The number of esters is 1. The lowest BCUT2D eigenvalue weighted by Crippen LogP contribution is -2.43. The van der Waals surface area contributed by atoms with Gasteiger partial charge in [-0.3, -0.25) is 9.59 Å². The number of rotatable bonds is 8. The summed E-state index contributed by atoms with van der Waals surface area (Å²) in [6.45, 7) is 11.5. The van der Waals surface area contributed by atoms with Crippen LogP contribution < -0.4 is 5.32 Å². The van der Waals surface area contributed by atoms with Gasteiger partial charge in [0.05, 0.1) is 13.0 Å². The number of ether oxygens (including phenoxy) is 2. The van der Waals surface area contributed by atoms with Crippen LogP contribution >= 0.6 is 0 Å². The highest BCUT2D eigenvalue weighted by Crippen LogP contribution is 2.23. The summed E-state index contributed by atoms with van der Waals surface area (Å²) in [6.07, 6.45) is 7.18. The molecule has 0 radical (unpaired) electrons. The molecule has 0 saturated carbocycles. The maximum absolute atomic E-state index is 12.8. The normalized spacial score (nSPS) is 19.8. The Bertz CT molecular complexity index is 832. The third-order valence-corrected chi connectivity index (χ3v) is 4.97. The van der Waals surface area contributed by atoms with Gasteiger partial charge in [0.1, 0.15) is 17.5 Å². The Morgan fingerprint density at radius 3 is 2.56 bits per heavy atom. The van der Waals surface area contributed by atoms with E-state index in [9.17, 15) is 14.4 Å². The largest absolute Gasteiger partial charge is 0.466 e. The fourth-order valence-electron chi connectivity index (χ4n) is 3.46. The fraction of sp³-hybridized carbons (Fsp3) is 0.609. The van der Waals surface area contributed by atoms with Gasteiger partial charge >= 0.3 is 12.1 Å². The van der Waals surface area contributed by atoms with Gasteiger partial charge in [-0.25, -0.2) is 14.8 Å². The monoisotopic (exact) mass is 446 g/mol. The van der Waals surface area contributed by atoms with Crippen molar-refractivity contribution in [2.24, 2.45) is 0 Å². The van der Waals surface area contributed by atoms with Crippen LogP contribution in [0, 0.1) is 6.92 Å². The molecule has 1 aliphatic heterocycles. The topological polar surface area (TPSA) is 111 Å². The van der Waals surface area contributed by atoms with Crippen LogP contribution in [-0.4, -0.2) is 63.7 Å². The summed E-state index contributed by atoms with van der Waals surface area (Å²) in [5.74, 6) is -0.0884. The van der Waals surface area contributed by atoms with E-state index in [4.69, 9.17) is 9.47 Å². The molecule has 0 bridgehead atoms. The number of hydrogen-bond donors (Lipinski definition) is 1. The van der Waals surface area contributed by atoms with Crippen molar-refractivity contribution < 1.29 is 23.9 Å². The SMILES string of the molecule is CCOC(=O)C[C@H](C=CCN1C(=O)[C@@H](NC(=O)OC(C)(C)C)C[C@H]1C)c1cnc(C)nc1. The molecule has 1 aliphatic rings. The van der Waals surface area contributed by atoms with Gasteiger partial charge in [0.15, 0.2) is 0 Å². The van der Waals surface area contributed by atoms with Crippen molar-refractivity contribution in [1.29, 1.82) is 0 Å². The van der Waals surface area contributed by atoms with Crippen LogP contribution in [0.3, 0.4) is 0 Å². The van der Waals surface area contributed by atoms with E-state index in [2.05, 4.69) is 15.3 Å². The van der Waals surface area contributed by atoms with Gasteiger partial charge in [0, 0.05) is 30.9 Å². The summed E-state index contributed by atoms with van der Waals surface area (Å²) >= 11 is 0. The lowest BCUT2D eigenvalue weighted by Gasteiger charge is -2.22. The number of allylic oxidation sites excluding steroid dienone is 1. The molecular weight excluding hydrogens is 412 g/mol. The molecule has 1 fully saturated rings. The van der Waals surface area contributed by atoms with Crippen LogP contribution in [0.4, 0.5) is 4.79 Å². The summed E-state index contributed by atoms with van der Waals surface area (Å²) in [5, 5.41) is 2.66. The van der Waals surface area contributed by atoms with Crippen molar-refractivity contribution in [1.82, 2.24) is 20.2 Å². The number of nitrogens with zero attached hydrogens (tertiary/aromatic N) is 3. The van der Waals surface area contributed by atoms with Crippen LogP contribution in [0.15, 0.2) is 24.5 Å². The van der Waals surface area contributed by atoms with Crippen LogP contribution in [0.1, 0.15) is 64.8 Å². The average molecular weight is 447 g/mol. The molecule has 2 heterocycles. The maximum Gasteiger partial charge on any atom is 0.408 e. The van der Waals surface area contributed by atoms with Gasteiger partial charge in [-0.15, -0.1) is 0 Å². The molecule has 176 valence electrons. The molecule has 1 saturated heterocycles. The third kappa shape index (κ3) is 7.62. The van der Waals surface area contributed by atoms with E-state index in [-0.39, 0.29) is 30.3 Å². The zero-order valence-corrected chi connectivity index (χ0v) is 19.8. The highest BCUT2D eigenvalue weighted by molar-refractivity contribution is 5.88. The highest BCUT2D eigenvalue weighted by atomic mass is 16.6. The second-order valence-electron chi connectivity index (χ2n) is 8.88. The Morgan fingerprint density at radius 1 is 1.31 bits per heavy atom. The minimum absolute atomic E-state index is 0.0432. The Hall–Kier alpha value is -2.97. The first-order chi connectivity index (χ1) is 15.0. The quantitative estimate of drug-likeness (QED) is 0.483. The Labute approximate surface area is 189 Å². The number of carbonyl (C=O) groups excluding carboxylic acids is 3. The molecule has 3 atom stereocenters. The van der Waals surface area contributed by atoms with Gasteiger partial charge in [-0.2, -0.15) is 0 Å². The van der Waals surface area contributed by atoms with Crippen molar-refractivity contribution in [2.45, 2.75) is 78.0 Å². The lowest BCUT2D eigenvalue weighted by molar-refractivity contribution is -0.143. The minimum atomic E-state index is -0.632. The molecule has 9 nitrogen and oxygen atoms in total. The number of alkyl carbamates (subject to hydrolysis) is 1. The number of aryl methyl sites for hydroxylation is 1. The van der Waals surface area contributed by atoms with Gasteiger partial charge < -0.3 is 19.7 Å². The van der Waals surface area contributed by atoms with Crippen LogP contribution in [0.2, 0.25) is 0 Å². The Kier molecular flexibility index (Phi) is 8.74. The van der Waals surface area contributed by atoms with Crippen molar-refractivity contribution >= 4 is 18.0 Å². The van der Waals surface area contributed by atoms with Crippen LogP contribution in [0.5, 0.6) is 0 Å². The zero-order valence-electron chi connectivity index (χ0n) is 19.8. The van der Waals surface area contributed by atoms with Gasteiger partial charge in [0.2, 0.25) is 5.91 Å². The van der Waals surface area contributed by atoms with E-state index in [1.165, 1.54) is 0 Å². The number of carbonyl (C=O) groups is 3. The van der Waals surface area contributed by atoms with Gasteiger partial charge in [-0.05, 0) is 53.5 Å². The molecule has 32 heavy (non-hydrogen) atoms. The van der Waals surface area contributed by atoms with Gasteiger partial charge in [0.25, 0.3) is 0 Å². The van der Waals surface area contributed by atoms with E-state index in [1.54, 1.807) is 51.9 Å². The first-order valence-corrected chi connectivity index (χ1v) is 10.9. The number of hydrogen-bond acceptors (Lipinski definition) is 7. The maximum atomic E-state index is 12.8. The number of aromatic nitrogens is 2. The molecule has 2 amide bonds. The first kappa shape index (κ1) is 25.3. The summed E-state index contributed by atoms with van der Waals surface area (Å²) in [5.41, 5.74) is 0.165. The fourth-order valence-corrected chi connectivity index (χ4v) is 3.46. The molecule has 1 aromatic heterocycles. The molecule has 9 heteroatoms. The molecule has 1 N–H and O–H groups in total. The summed E-state index contributed by atoms with van der Waals surface area (Å²) in [6, 6.07) is -0.660.